The quantitative estimate of drug-likeness (QED) is 0.572. The van der Waals surface area contributed by atoms with E-state index in [0.29, 0.717) is 5.92 Å². The molecule has 3 aliphatic rings. The molecule has 3 saturated heterocycles. The predicted molar refractivity (Wildman–Crippen MR) is 48.0 cm³/mol. The lowest BCUT2D eigenvalue weighted by Crippen LogP contribution is -2.43. The normalized spacial score (nSPS) is 38.5. The first-order chi connectivity index (χ1) is 5.81. The maximum Gasteiger partial charge on any atom is 0.115 e. The molecule has 3 fully saturated rings. The zero-order valence-corrected chi connectivity index (χ0v) is 7.78. The Labute approximate surface area is 77.2 Å². The van der Waals surface area contributed by atoms with E-state index in [1.165, 1.54) is 0 Å². The molecule has 0 amide bonds. The average molecular weight is 190 g/mol. The van der Waals surface area contributed by atoms with Crippen LogP contribution in [0.15, 0.2) is 11.4 Å². The lowest BCUT2D eigenvalue weighted by molar-refractivity contribution is 0.157. The van der Waals surface area contributed by atoms with Gasteiger partial charge in [0.1, 0.15) is 5.83 Å². The molecule has 0 atom stereocenters. The SMILES string of the molecule is FC(CCl)=C1CN2CCC1CC2. The second kappa shape index (κ2) is 3.35. The van der Waals surface area contributed by atoms with E-state index in [1.54, 1.807) is 0 Å². The minimum Gasteiger partial charge on any atom is -0.299 e. The van der Waals surface area contributed by atoms with Crippen molar-refractivity contribution >= 4 is 11.6 Å². The van der Waals surface area contributed by atoms with Gasteiger partial charge in [0, 0.05) is 6.54 Å². The number of hydrogen-bond donors (Lipinski definition) is 0. The zero-order chi connectivity index (χ0) is 8.55. The van der Waals surface area contributed by atoms with Gasteiger partial charge < -0.3 is 0 Å². The van der Waals surface area contributed by atoms with Crippen molar-refractivity contribution in [2.75, 3.05) is 25.5 Å². The van der Waals surface area contributed by atoms with E-state index in [9.17, 15) is 4.39 Å². The van der Waals surface area contributed by atoms with Gasteiger partial charge in [-0.15, -0.1) is 11.6 Å². The van der Waals surface area contributed by atoms with Crippen LogP contribution in [0.25, 0.3) is 0 Å². The van der Waals surface area contributed by atoms with Gasteiger partial charge in [0.05, 0.1) is 5.88 Å². The van der Waals surface area contributed by atoms with Crippen LogP contribution in [0.1, 0.15) is 12.8 Å². The van der Waals surface area contributed by atoms with E-state index in [0.717, 1.165) is 38.0 Å². The van der Waals surface area contributed by atoms with E-state index < -0.39 is 0 Å². The fourth-order valence-corrected chi connectivity index (χ4v) is 2.37. The topological polar surface area (TPSA) is 3.24 Å². The van der Waals surface area contributed by atoms with E-state index in [2.05, 4.69) is 4.90 Å². The molecule has 3 aliphatic heterocycles. The van der Waals surface area contributed by atoms with Crippen LogP contribution < -0.4 is 0 Å². The number of fused-ring (bicyclic) bond motifs is 3. The van der Waals surface area contributed by atoms with Crippen LogP contribution in [-0.4, -0.2) is 30.4 Å². The van der Waals surface area contributed by atoms with E-state index in [4.69, 9.17) is 11.6 Å². The Kier molecular flexibility index (Phi) is 2.37. The van der Waals surface area contributed by atoms with E-state index in [1.807, 2.05) is 0 Å². The highest BCUT2D eigenvalue weighted by atomic mass is 35.5. The molecule has 0 unspecified atom stereocenters. The summed E-state index contributed by atoms with van der Waals surface area (Å²) in [6, 6.07) is 0. The lowest BCUT2D eigenvalue weighted by Gasteiger charge is -2.41. The highest BCUT2D eigenvalue weighted by Gasteiger charge is 2.31. The molecule has 12 heavy (non-hydrogen) atoms. The molecule has 68 valence electrons. The van der Waals surface area contributed by atoms with Gasteiger partial charge in [0.25, 0.3) is 0 Å². The van der Waals surface area contributed by atoms with Crippen LogP contribution in [0.4, 0.5) is 4.39 Å². The summed E-state index contributed by atoms with van der Waals surface area (Å²) < 4.78 is 13.2. The summed E-state index contributed by atoms with van der Waals surface area (Å²) in [5, 5.41) is 0. The third-order valence-electron chi connectivity index (χ3n) is 2.94. The second-order valence-electron chi connectivity index (χ2n) is 3.61. The molecule has 3 heteroatoms. The molecule has 0 spiro atoms. The molecule has 0 radical (unpaired) electrons. The summed E-state index contributed by atoms with van der Waals surface area (Å²) in [5.74, 6) is 0.472. The van der Waals surface area contributed by atoms with Crippen LogP contribution in [-0.2, 0) is 0 Å². The van der Waals surface area contributed by atoms with Crippen LogP contribution in [0.3, 0.4) is 0 Å². The first-order valence-electron chi connectivity index (χ1n) is 4.47. The van der Waals surface area contributed by atoms with Crippen LogP contribution >= 0.6 is 11.6 Å². The first-order valence-corrected chi connectivity index (χ1v) is 5.00. The van der Waals surface area contributed by atoms with Crippen molar-refractivity contribution in [1.29, 1.82) is 0 Å². The number of halogens is 2. The number of alkyl halides is 1. The third kappa shape index (κ3) is 1.38. The van der Waals surface area contributed by atoms with Gasteiger partial charge in [0.2, 0.25) is 0 Å². The second-order valence-corrected chi connectivity index (χ2v) is 3.88. The van der Waals surface area contributed by atoms with Crippen molar-refractivity contribution < 1.29 is 4.39 Å². The van der Waals surface area contributed by atoms with Gasteiger partial charge in [-0.2, -0.15) is 0 Å². The van der Waals surface area contributed by atoms with Crippen molar-refractivity contribution in [3.8, 4) is 0 Å². The molecule has 0 saturated carbocycles. The summed E-state index contributed by atoms with van der Waals surface area (Å²) in [6.45, 7) is 3.11. The Morgan fingerprint density at radius 1 is 1.50 bits per heavy atom. The molecule has 0 aromatic heterocycles. The van der Waals surface area contributed by atoms with Gasteiger partial charge in [-0.05, 0) is 37.4 Å². The van der Waals surface area contributed by atoms with Crippen molar-refractivity contribution in [2.45, 2.75) is 12.8 Å². The summed E-state index contributed by atoms with van der Waals surface area (Å²) in [4.78, 5) is 2.31. The van der Waals surface area contributed by atoms with Crippen LogP contribution in [0, 0.1) is 5.92 Å². The largest absolute Gasteiger partial charge is 0.299 e. The Balaban J connectivity index is 2.18. The molecule has 3 rings (SSSR count). The average Bonchev–Trinajstić information content (AvgIpc) is 2.18. The number of rotatable bonds is 1. The molecule has 0 N–H and O–H groups in total. The number of allylic oxidation sites excluding steroid dienone is 1. The maximum absolute atomic E-state index is 13.2. The van der Waals surface area contributed by atoms with Gasteiger partial charge in [0.15, 0.2) is 0 Å². The van der Waals surface area contributed by atoms with Crippen molar-refractivity contribution in [1.82, 2.24) is 4.90 Å². The molecule has 1 nitrogen and oxygen atoms in total. The molecule has 3 heterocycles. The Hall–Kier alpha value is -0.0800. The van der Waals surface area contributed by atoms with Gasteiger partial charge in [-0.3, -0.25) is 4.90 Å². The summed E-state index contributed by atoms with van der Waals surface area (Å²) in [6.07, 6.45) is 2.25. The highest BCUT2D eigenvalue weighted by Crippen LogP contribution is 2.34. The maximum atomic E-state index is 13.2. The van der Waals surface area contributed by atoms with Crippen molar-refractivity contribution in [2.24, 2.45) is 5.92 Å². The summed E-state index contributed by atoms with van der Waals surface area (Å²) in [5.41, 5.74) is 0.975. The Morgan fingerprint density at radius 2 is 2.17 bits per heavy atom. The predicted octanol–water partition coefficient (Wildman–Crippen LogP) is 2.17. The smallest absolute Gasteiger partial charge is 0.115 e. The van der Waals surface area contributed by atoms with E-state index in [-0.39, 0.29) is 11.7 Å². The fourth-order valence-electron chi connectivity index (χ4n) is 2.20. The third-order valence-corrected chi connectivity index (χ3v) is 3.17. The summed E-state index contributed by atoms with van der Waals surface area (Å²) in [7, 11) is 0. The standard InChI is InChI=1S/C9H13ClFN/c10-5-9(11)8-6-12-3-1-7(8)2-4-12/h7H,1-6H2. The molecular weight excluding hydrogens is 177 g/mol. The molecule has 0 aromatic carbocycles. The highest BCUT2D eigenvalue weighted by molar-refractivity contribution is 6.19. The fraction of sp³-hybridized carbons (Fsp3) is 0.778. The monoisotopic (exact) mass is 189 g/mol. The van der Waals surface area contributed by atoms with Crippen molar-refractivity contribution in [3.05, 3.63) is 11.4 Å². The minimum absolute atomic E-state index is 0.0552. The number of piperidine rings is 3. The molecular formula is C9H13ClFN. The van der Waals surface area contributed by atoms with Gasteiger partial charge in [-0.1, -0.05) is 0 Å². The van der Waals surface area contributed by atoms with Crippen LogP contribution in [0.2, 0.25) is 0 Å². The first kappa shape index (κ1) is 8.52. The van der Waals surface area contributed by atoms with Gasteiger partial charge in [-0.25, -0.2) is 4.39 Å². The zero-order valence-electron chi connectivity index (χ0n) is 7.02. The number of hydrogen-bond acceptors (Lipinski definition) is 1. The van der Waals surface area contributed by atoms with E-state index >= 15 is 0 Å². The molecule has 0 aliphatic carbocycles. The molecule has 2 bridgehead atoms. The van der Waals surface area contributed by atoms with Crippen molar-refractivity contribution in [3.63, 3.8) is 0 Å². The number of nitrogens with zero attached hydrogens (tertiary/aromatic N) is 1. The lowest BCUT2D eigenvalue weighted by atomic mass is 9.83. The summed E-state index contributed by atoms with van der Waals surface area (Å²) >= 11 is 5.47. The minimum atomic E-state index is -0.0777. The Bertz CT molecular complexity index is 207. The molecule has 0 aromatic rings. The Morgan fingerprint density at radius 3 is 2.58 bits per heavy atom. The van der Waals surface area contributed by atoms with Crippen LogP contribution in [0.5, 0.6) is 0 Å². The van der Waals surface area contributed by atoms with Gasteiger partial charge >= 0.3 is 0 Å².